The first kappa shape index (κ1) is 24.2. The normalized spacial score (nSPS) is 19.7. The fourth-order valence-corrected chi connectivity index (χ4v) is 4.96. The second kappa shape index (κ2) is 10.1. The summed E-state index contributed by atoms with van der Waals surface area (Å²) in [5, 5.41) is 14.8. The zero-order valence-corrected chi connectivity index (χ0v) is 20.0. The van der Waals surface area contributed by atoms with Crippen molar-refractivity contribution in [3.05, 3.63) is 92.3 Å². The number of ether oxygens (including phenoxy) is 2. The number of nitrogens with zero attached hydrogens (tertiary/aromatic N) is 1. The molecule has 1 N–H and O–H groups in total. The van der Waals surface area contributed by atoms with Crippen LogP contribution in [0, 0.1) is 10.1 Å². The Labute approximate surface area is 203 Å². The number of Topliss-reactive ketones (excluding diaryl/α,β-unsaturated/α-hetero) is 1. The Morgan fingerprint density at radius 3 is 2.66 bits per heavy atom. The minimum atomic E-state index is -0.748. The quantitative estimate of drug-likeness (QED) is 0.343. The molecule has 35 heavy (non-hydrogen) atoms. The number of benzene rings is 2. The van der Waals surface area contributed by atoms with Gasteiger partial charge in [-0.25, -0.2) is 4.79 Å². The Morgan fingerprint density at radius 1 is 1.17 bits per heavy atom. The fraction of sp³-hybridized carbons (Fsp3) is 0.333. The van der Waals surface area contributed by atoms with E-state index in [9.17, 15) is 19.7 Å². The van der Waals surface area contributed by atoms with Crippen LogP contribution in [0.4, 0.5) is 5.69 Å². The number of ketones is 1. The maximum atomic E-state index is 13.7. The lowest BCUT2D eigenvalue weighted by molar-refractivity contribution is -0.384. The van der Waals surface area contributed by atoms with Crippen LogP contribution in [0.1, 0.15) is 56.1 Å². The number of allylic oxidation sites excluding steroid dienone is 3. The predicted octanol–water partition coefficient (Wildman–Crippen LogP) is 4.92. The monoisotopic (exact) mass is 476 g/mol. The zero-order chi connectivity index (χ0) is 25.1. The Balaban J connectivity index is 1.82. The molecular weight excluding hydrogens is 448 g/mol. The van der Waals surface area contributed by atoms with E-state index in [4.69, 9.17) is 9.47 Å². The molecule has 1 aliphatic carbocycles. The molecule has 8 nitrogen and oxygen atoms in total. The number of para-hydroxylation sites is 1. The maximum absolute atomic E-state index is 13.7. The van der Waals surface area contributed by atoms with Gasteiger partial charge in [-0.15, -0.1) is 0 Å². The Kier molecular flexibility index (Phi) is 7.00. The SMILES string of the molecule is CCCOC(=O)C1=C(C)NC2=C(C(=O)C[C@H](c3ccccc3OC)C2)[C@H]1c1cccc([N+](=O)[O-])c1. The molecule has 2 aromatic rings. The highest BCUT2D eigenvalue weighted by Crippen LogP contribution is 2.47. The number of non-ortho nitro benzene ring substituents is 1. The first-order valence-corrected chi connectivity index (χ1v) is 11.6. The van der Waals surface area contributed by atoms with E-state index in [2.05, 4.69) is 5.32 Å². The topological polar surface area (TPSA) is 108 Å². The van der Waals surface area contributed by atoms with Crippen molar-refractivity contribution in [3.63, 3.8) is 0 Å². The van der Waals surface area contributed by atoms with Crippen molar-refractivity contribution >= 4 is 17.4 Å². The van der Waals surface area contributed by atoms with Gasteiger partial charge in [-0.3, -0.25) is 14.9 Å². The Hall–Kier alpha value is -3.94. The van der Waals surface area contributed by atoms with Crippen LogP contribution < -0.4 is 10.1 Å². The number of hydrogen-bond donors (Lipinski definition) is 1. The second-order valence-electron chi connectivity index (χ2n) is 8.75. The zero-order valence-electron chi connectivity index (χ0n) is 20.0. The van der Waals surface area contributed by atoms with Crippen molar-refractivity contribution in [2.75, 3.05) is 13.7 Å². The molecule has 2 aliphatic rings. The summed E-state index contributed by atoms with van der Waals surface area (Å²) in [4.78, 5) is 37.8. The molecule has 4 rings (SSSR count). The van der Waals surface area contributed by atoms with Crippen LogP contribution in [0.5, 0.6) is 5.75 Å². The molecule has 0 unspecified atom stereocenters. The van der Waals surface area contributed by atoms with Crippen LogP contribution in [0.25, 0.3) is 0 Å². The van der Waals surface area contributed by atoms with Gasteiger partial charge in [0.1, 0.15) is 5.75 Å². The van der Waals surface area contributed by atoms with Crippen LogP contribution in [-0.4, -0.2) is 30.4 Å². The summed E-state index contributed by atoms with van der Waals surface area (Å²) in [5.41, 5.74) is 3.43. The molecule has 0 saturated heterocycles. The van der Waals surface area contributed by atoms with Crippen molar-refractivity contribution in [1.29, 1.82) is 0 Å². The largest absolute Gasteiger partial charge is 0.496 e. The molecule has 2 atom stereocenters. The molecule has 0 aromatic heterocycles. The number of nitro groups is 1. The lowest BCUT2D eigenvalue weighted by Crippen LogP contribution is -2.36. The number of hydrogen-bond acceptors (Lipinski definition) is 7. The van der Waals surface area contributed by atoms with Crippen LogP contribution in [0.2, 0.25) is 0 Å². The fourth-order valence-electron chi connectivity index (χ4n) is 4.96. The van der Waals surface area contributed by atoms with E-state index in [1.165, 1.54) is 12.1 Å². The molecule has 0 radical (unpaired) electrons. The van der Waals surface area contributed by atoms with Crippen molar-refractivity contribution in [2.24, 2.45) is 0 Å². The molecule has 0 amide bonds. The minimum absolute atomic E-state index is 0.0998. The highest BCUT2D eigenvalue weighted by atomic mass is 16.6. The van der Waals surface area contributed by atoms with E-state index in [0.717, 1.165) is 17.0 Å². The van der Waals surface area contributed by atoms with Gasteiger partial charge >= 0.3 is 5.97 Å². The number of dihydropyridines is 1. The Bertz CT molecular complexity index is 1250. The van der Waals surface area contributed by atoms with Gasteiger partial charge in [0, 0.05) is 47.4 Å². The Morgan fingerprint density at radius 2 is 1.94 bits per heavy atom. The van der Waals surface area contributed by atoms with Crippen molar-refractivity contribution in [1.82, 2.24) is 5.32 Å². The number of esters is 1. The number of carbonyl (C=O) groups is 2. The summed E-state index contributed by atoms with van der Waals surface area (Å²) in [6, 6.07) is 13.7. The van der Waals surface area contributed by atoms with Gasteiger partial charge in [0.05, 0.1) is 24.2 Å². The highest BCUT2D eigenvalue weighted by molar-refractivity contribution is 6.04. The molecule has 2 aromatic carbocycles. The van der Waals surface area contributed by atoms with E-state index in [-0.39, 0.29) is 30.4 Å². The van der Waals surface area contributed by atoms with Crippen molar-refractivity contribution in [3.8, 4) is 5.75 Å². The van der Waals surface area contributed by atoms with E-state index in [1.807, 2.05) is 31.2 Å². The van der Waals surface area contributed by atoms with Gasteiger partial charge in [0.15, 0.2) is 5.78 Å². The lowest BCUT2D eigenvalue weighted by atomic mass is 9.71. The van der Waals surface area contributed by atoms with E-state index >= 15 is 0 Å². The molecule has 1 aliphatic heterocycles. The van der Waals surface area contributed by atoms with Gasteiger partial charge in [-0.05, 0) is 37.0 Å². The number of rotatable bonds is 7. The van der Waals surface area contributed by atoms with Gasteiger partial charge in [-0.1, -0.05) is 37.3 Å². The average molecular weight is 477 g/mol. The molecule has 0 fully saturated rings. The molecular formula is C27H28N2O6. The minimum Gasteiger partial charge on any atom is -0.496 e. The van der Waals surface area contributed by atoms with E-state index in [1.54, 1.807) is 26.2 Å². The third kappa shape index (κ3) is 4.69. The molecule has 1 heterocycles. The predicted molar refractivity (Wildman–Crippen MR) is 130 cm³/mol. The summed E-state index contributed by atoms with van der Waals surface area (Å²) in [6.45, 7) is 3.91. The third-order valence-corrected chi connectivity index (χ3v) is 6.48. The molecule has 0 bridgehead atoms. The second-order valence-corrected chi connectivity index (χ2v) is 8.75. The van der Waals surface area contributed by atoms with Crippen LogP contribution in [-0.2, 0) is 14.3 Å². The van der Waals surface area contributed by atoms with E-state index in [0.29, 0.717) is 35.2 Å². The first-order chi connectivity index (χ1) is 16.8. The van der Waals surface area contributed by atoms with Crippen LogP contribution in [0.3, 0.4) is 0 Å². The first-order valence-electron chi connectivity index (χ1n) is 11.6. The van der Waals surface area contributed by atoms with Crippen LogP contribution in [0.15, 0.2) is 71.1 Å². The van der Waals surface area contributed by atoms with E-state index < -0.39 is 16.8 Å². The number of methoxy groups -OCH3 is 1. The van der Waals surface area contributed by atoms with Gasteiger partial charge in [0.2, 0.25) is 0 Å². The molecule has 182 valence electrons. The van der Waals surface area contributed by atoms with Gasteiger partial charge in [0.25, 0.3) is 5.69 Å². The summed E-state index contributed by atoms with van der Waals surface area (Å²) < 4.78 is 11.0. The smallest absolute Gasteiger partial charge is 0.336 e. The summed E-state index contributed by atoms with van der Waals surface area (Å²) in [6.07, 6.45) is 1.44. The van der Waals surface area contributed by atoms with Crippen molar-refractivity contribution in [2.45, 2.75) is 44.9 Å². The molecule has 0 spiro atoms. The van der Waals surface area contributed by atoms with Crippen molar-refractivity contribution < 1.29 is 24.0 Å². The standard InChI is InChI=1S/C27H28N2O6/c1-4-12-35-27(31)24-16(2)28-21-14-18(20-10-5-6-11-23(20)34-3)15-22(30)26(21)25(24)17-8-7-9-19(13-17)29(32)33/h5-11,13,18,25,28H,4,12,14-15H2,1-3H3/t18-,25+/m1/s1. The maximum Gasteiger partial charge on any atom is 0.336 e. The summed E-state index contributed by atoms with van der Waals surface area (Å²) >= 11 is 0. The molecule has 8 heteroatoms. The van der Waals surface area contributed by atoms with Gasteiger partial charge < -0.3 is 14.8 Å². The lowest BCUT2D eigenvalue weighted by Gasteiger charge is -2.36. The summed E-state index contributed by atoms with van der Waals surface area (Å²) in [5.74, 6) is -0.769. The number of nitro benzene ring substituents is 1. The summed E-state index contributed by atoms with van der Waals surface area (Å²) in [7, 11) is 1.60. The average Bonchev–Trinajstić information content (AvgIpc) is 2.86. The third-order valence-electron chi connectivity index (χ3n) is 6.48. The number of carbonyl (C=O) groups excluding carboxylic acids is 2. The van der Waals surface area contributed by atoms with Crippen LogP contribution >= 0.6 is 0 Å². The number of nitrogens with one attached hydrogen (secondary N) is 1. The highest BCUT2D eigenvalue weighted by Gasteiger charge is 2.42. The molecule has 0 saturated carbocycles. The van der Waals surface area contributed by atoms with Gasteiger partial charge in [-0.2, -0.15) is 0 Å².